The fourth-order valence-electron chi connectivity index (χ4n) is 3.20. The number of anilines is 1. The molecule has 2 aromatic rings. The highest BCUT2D eigenvalue weighted by atomic mass is 32.1. The molecule has 1 aromatic heterocycles. The van der Waals surface area contributed by atoms with Gasteiger partial charge in [-0.05, 0) is 30.0 Å². The number of carbonyl (C=O) groups is 1. The maximum absolute atomic E-state index is 13.7. The molecule has 1 amide bonds. The molecule has 0 aliphatic heterocycles. The van der Waals surface area contributed by atoms with E-state index in [1.165, 1.54) is 6.07 Å². The van der Waals surface area contributed by atoms with Crippen molar-refractivity contribution >= 4 is 22.4 Å². The van der Waals surface area contributed by atoms with Gasteiger partial charge in [-0.1, -0.05) is 23.5 Å². The molecule has 3 rings (SSSR count). The van der Waals surface area contributed by atoms with Crippen LogP contribution in [0.1, 0.15) is 36.3 Å². The van der Waals surface area contributed by atoms with E-state index in [1.807, 2.05) is 6.07 Å². The lowest BCUT2D eigenvalue weighted by molar-refractivity contribution is -0.118. The van der Waals surface area contributed by atoms with Crippen LogP contribution >= 0.6 is 11.3 Å². The number of alkyl halides is 2. The molecule has 1 aliphatic rings. The summed E-state index contributed by atoms with van der Waals surface area (Å²) in [4.78, 5) is 16.5. The second-order valence-electron chi connectivity index (χ2n) is 6.03. The highest BCUT2D eigenvalue weighted by molar-refractivity contribution is 7.14. The zero-order valence-electron chi connectivity index (χ0n) is 13.0. The number of amides is 1. The average Bonchev–Trinajstić information content (AvgIpc) is 3.13. The fraction of sp³-hybridized carbons (Fsp3) is 0.353. The summed E-state index contributed by atoms with van der Waals surface area (Å²) < 4.78 is 40.4. The number of nitrogens with zero attached hydrogens (tertiary/aromatic N) is 2. The predicted molar refractivity (Wildman–Crippen MR) is 86.9 cm³/mol. The fourth-order valence-corrected chi connectivity index (χ4v) is 3.75. The Kier molecular flexibility index (Phi) is 4.77. The van der Waals surface area contributed by atoms with E-state index in [4.69, 9.17) is 5.26 Å². The van der Waals surface area contributed by atoms with Crippen LogP contribution in [0.15, 0.2) is 30.5 Å². The summed E-state index contributed by atoms with van der Waals surface area (Å²) in [5, 5.41) is 11.1. The first-order chi connectivity index (χ1) is 11.9. The first-order valence-electron chi connectivity index (χ1n) is 7.68. The Hall–Kier alpha value is -2.40. The van der Waals surface area contributed by atoms with Crippen LogP contribution in [0.4, 0.5) is 18.3 Å². The number of aromatic nitrogens is 1. The minimum Gasteiger partial charge on any atom is -0.301 e. The number of nitrogens with one attached hydrogen (secondary N) is 1. The summed E-state index contributed by atoms with van der Waals surface area (Å²) in [6.07, 6.45) is 0.517. The summed E-state index contributed by atoms with van der Waals surface area (Å²) >= 11 is 0.668. The highest BCUT2D eigenvalue weighted by Gasteiger charge is 2.45. The lowest BCUT2D eigenvalue weighted by Crippen LogP contribution is -2.27. The van der Waals surface area contributed by atoms with Crippen molar-refractivity contribution in [3.8, 4) is 6.07 Å². The third-order valence-electron chi connectivity index (χ3n) is 4.28. The van der Waals surface area contributed by atoms with Gasteiger partial charge in [0.15, 0.2) is 10.3 Å². The Morgan fingerprint density at radius 1 is 1.48 bits per heavy atom. The van der Waals surface area contributed by atoms with E-state index in [0.29, 0.717) is 22.5 Å². The van der Waals surface area contributed by atoms with Gasteiger partial charge in [0.25, 0.3) is 0 Å². The van der Waals surface area contributed by atoms with Crippen molar-refractivity contribution in [1.82, 2.24) is 4.98 Å². The van der Waals surface area contributed by atoms with Crippen LogP contribution in [0.5, 0.6) is 0 Å². The Balaban J connectivity index is 1.91. The standard InChI is InChI=1S/C17H14F3N3OS/c18-13-9-22-16(25-13)23-15(24)14(12-4-5-17(19,20)7-12)11-3-1-2-10(6-11)8-21/h1-3,6,9,12,14H,4-5,7H2,(H,22,23,24)/t12-,14+/m1/s1. The van der Waals surface area contributed by atoms with Crippen molar-refractivity contribution in [3.63, 3.8) is 0 Å². The minimum atomic E-state index is -2.80. The molecule has 0 radical (unpaired) electrons. The van der Waals surface area contributed by atoms with E-state index in [9.17, 15) is 18.0 Å². The number of hydrogen-bond donors (Lipinski definition) is 1. The van der Waals surface area contributed by atoms with Crippen LogP contribution in [-0.2, 0) is 4.79 Å². The third kappa shape index (κ3) is 3.99. The molecular weight excluding hydrogens is 351 g/mol. The van der Waals surface area contributed by atoms with Crippen molar-refractivity contribution in [1.29, 1.82) is 5.26 Å². The maximum atomic E-state index is 13.7. The molecule has 4 nitrogen and oxygen atoms in total. The summed E-state index contributed by atoms with van der Waals surface area (Å²) in [7, 11) is 0. The number of rotatable bonds is 4. The van der Waals surface area contributed by atoms with Crippen LogP contribution in [0.3, 0.4) is 0 Å². The van der Waals surface area contributed by atoms with Gasteiger partial charge >= 0.3 is 0 Å². The van der Waals surface area contributed by atoms with E-state index >= 15 is 0 Å². The van der Waals surface area contributed by atoms with Crippen LogP contribution in [0, 0.1) is 22.4 Å². The zero-order chi connectivity index (χ0) is 18.0. The molecule has 1 aromatic carbocycles. The SMILES string of the molecule is N#Cc1cccc([C@H](C(=O)Nc2ncc(F)s2)[C@@H]2CCC(F)(F)C2)c1. The molecule has 130 valence electrons. The molecule has 0 spiro atoms. The van der Waals surface area contributed by atoms with Crippen LogP contribution in [0.2, 0.25) is 0 Å². The molecule has 2 atom stereocenters. The van der Waals surface area contributed by atoms with E-state index in [1.54, 1.807) is 18.2 Å². The molecule has 0 saturated heterocycles. The second kappa shape index (κ2) is 6.84. The number of benzene rings is 1. The van der Waals surface area contributed by atoms with Crippen LogP contribution < -0.4 is 5.32 Å². The predicted octanol–water partition coefficient (Wildman–Crippen LogP) is 4.31. The minimum absolute atomic E-state index is 0.0775. The van der Waals surface area contributed by atoms with E-state index in [2.05, 4.69) is 10.3 Å². The van der Waals surface area contributed by atoms with Crippen molar-refractivity contribution in [3.05, 3.63) is 46.7 Å². The van der Waals surface area contributed by atoms with Gasteiger partial charge in [-0.3, -0.25) is 4.79 Å². The largest absolute Gasteiger partial charge is 0.301 e. The van der Waals surface area contributed by atoms with Gasteiger partial charge in [-0.25, -0.2) is 13.8 Å². The Labute approximate surface area is 146 Å². The average molecular weight is 365 g/mol. The maximum Gasteiger partial charge on any atom is 0.248 e. The molecule has 1 aliphatic carbocycles. The normalized spacial score (nSPS) is 20.0. The van der Waals surface area contributed by atoms with Gasteiger partial charge in [0.1, 0.15) is 0 Å². The molecular formula is C17H14F3N3OS. The Morgan fingerprint density at radius 3 is 2.88 bits per heavy atom. The Bertz CT molecular complexity index is 831. The summed E-state index contributed by atoms with van der Waals surface area (Å²) in [5.41, 5.74) is 0.844. The smallest absolute Gasteiger partial charge is 0.248 e. The number of carbonyl (C=O) groups excluding carboxylic acids is 1. The van der Waals surface area contributed by atoms with Crippen LogP contribution in [0.25, 0.3) is 0 Å². The topological polar surface area (TPSA) is 65.8 Å². The Morgan fingerprint density at radius 2 is 2.28 bits per heavy atom. The number of nitriles is 1. The first-order valence-corrected chi connectivity index (χ1v) is 8.50. The van der Waals surface area contributed by atoms with Gasteiger partial charge in [0.05, 0.1) is 23.7 Å². The molecule has 8 heteroatoms. The van der Waals surface area contributed by atoms with Crippen LogP contribution in [-0.4, -0.2) is 16.8 Å². The van der Waals surface area contributed by atoms with E-state index < -0.39 is 35.2 Å². The molecule has 25 heavy (non-hydrogen) atoms. The lowest BCUT2D eigenvalue weighted by atomic mass is 9.83. The molecule has 1 fully saturated rings. The van der Waals surface area contributed by atoms with Crippen molar-refractivity contribution < 1.29 is 18.0 Å². The third-order valence-corrected chi connectivity index (χ3v) is 4.98. The molecule has 1 heterocycles. The molecule has 0 unspecified atom stereocenters. The number of hydrogen-bond acceptors (Lipinski definition) is 4. The monoisotopic (exact) mass is 365 g/mol. The van der Waals surface area contributed by atoms with Gasteiger partial charge in [0, 0.05) is 12.8 Å². The first kappa shape index (κ1) is 17.4. The van der Waals surface area contributed by atoms with Crippen molar-refractivity contribution in [2.24, 2.45) is 5.92 Å². The molecule has 1 saturated carbocycles. The second-order valence-corrected chi connectivity index (χ2v) is 7.01. The zero-order valence-corrected chi connectivity index (χ0v) is 13.8. The van der Waals surface area contributed by atoms with E-state index in [-0.39, 0.29) is 18.0 Å². The quantitative estimate of drug-likeness (QED) is 0.878. The van der Waals surface area contributed by atoms with E-state index in [0.717, 1.165) is 6.20 Å². The highest BCUT2D eigenvalue weighted by Crippen LogP contribution is 2.45. The summed E-state index contributed by atoms with van der Waals surface area (Å²) in [6, 6.07) is 8.35. The molecule has 0 bridgehead atoms. The van der Waals surface area contributed by atoms with Gasteiger partial charge < -0.3 is 5.32 Å². The molecule has 1 N–H and O–H groups in total. The van der Waals surface area contributed by atoms with Gasteiger partial charge in [-0.2, -0.15) is 9.65 Å². The summed E-state index contributed by atoms with van der Waals surface area (Å²) in [6.45, 7) is 0. The van der Waals surface area contributed by atoms with Gasteiger partial charge in [0.2, 0.25) is 11.8 Å². The van der Waals surface area contributed by atoms with Crippen molar-refractivity contribution in [2.45, 2.75) is 31.1 Å². The number of halogens is 3. The lowest BCUT2D eigenvalue weighted by Gasteiger charge is -2.23. The van der Waals surface area contributed by atoms with Crippen molar-refractivity contribution in [2.75, 3.05) is 5.32 Å². The van der Waals surface area contributed by atoms with Gasteiger partial charge in [-0.15, -0.1) is 0 Å². The number of thiazole rings is 1. The summed E-state index contributed by atoms with van der Waals surface area (Å²) in [5.74, 6) is -4.74.